The molecule has 0 radical (unpaired) electrons. The van der Waals surface area contributed by atoms with Crippen LogP contribution in [0.5, 0.6) is 0 Å². The minimum absolute atomic E-state index is 0.000896. The Balaban J connectivity index is 1.55. The van der Waals surface area contributed by atoms with Gasteiger partial charge in [0.05, 0.1) is 6.42 Å². The fraction of sp³-hybridized carbons (Fsp3) is 0.372. The molecule has 0 aliphatic carbocycles. The summed E-state index contributed by atoms with van der Waals surface area (Å²) in [6, 6.07) is 19.9. The van der Waals surface area contributed by atoms with Gasteiger partial charge in [-0.3, -0.25) is 28.8 Å². The Morgan fingerprint density at radius 1 is 0.717 bits per heavy atom. The van der Waals surface area contributed by atoms with Crippen molar-refractivity contribution in [1.82, 2.24) is 31.6 Å². The van der Waals surface area contributed by atoms with Crippen LogP contribution in [0.1, 0.15) is 50.3 Å². The average molecular weight is 844 g/mol. The number of carbonyl (C=O) groups excluding carboxylic acids is 7. The lowest BCUT2D eigenvalue weighted by Crippen LogP contribution is -2.59. The first-order valence-corrected chi connectivity index (χ1v) is 20.7. The third kappa shape index (κ3) is 15.4. The van der Waals surface area contributed by atoms with Gasteiger partial charge < -0.3 is 46.8 Å². The monoisotopic (exact) mass is 843 g/mol. The quantitative estimate of drug-likeness (QED) is 0.0606. The molecule has 0 fully saturated rings. The minimum atomic E-state index is -1.55. The summed E-state index contributed by atoms with van der Waals surface area (Å²) in [7, 11) is 0. The minimum Gasteiger partial charge on any atom is -0.461 e. The molecule has 8 N–H and O–H groups in total. The van der Waals surface area contributed by atoms with Crippen molar-refractivity contribution in [1.29, 1.82) is 0 Å². The lowest BCUT2D eigenvalue weighted by atomic mass is 10.0. The molecule has 1 heterocycles. The number of aromatic amines is 1. The van der Waals surface area contributed by atoms with Crippen LogP contribution < -0.4 is 32.3 Å². The lowest BCUT2D eigenvalue weighted by Gasteiger charge is -2.26. The van der Waals surface area contributed by atoms with Crippen molar-refractivity contribution in [3.05, 3.63) is 108 Å². The van der Waals surface area contributed by atoms with Crippen molar-refractivity contribution in [2.24, 2.45) is 5.73 Å². The molecule has 4 aromatic rings. The molecule has 3 aromatic carbocycles. The number of benzene rings is 3. The molecule has 0 bridgehead atoms. The van der Waals surface area contributed by atoms with Crippen LogP contribution in [0.15, 0.2) is 91.1 Å². The number of esters is 1. The molecule has 60 heavy (non-hydrogen) atoms. The zero-order valence-corrected chi connectivity index (χ0v) is 34.9. The smallest absolute Gasteiger partial charge is 0.408 e. The predicted octanol–water partition coefficient (Wildman–Crippen LogP) is 2.79. The zero-order chi connectivity index (χ0) is 43.7. The molecule has 1 aromatic heterocycles. The van der Waals surface area contributed by atoms with E-state index >= 15 is 0 Å². The molecular weight excluding hydrogens is 791 g/mol. The zero-order valence-electron chi connectivity index (χ0n) is 34.1. The fourth-order valence-corrected chi connectivity index (χ4v) is 6.48. The van der Waals surface area contributed by atoms with Crippen molar-refractivity contribution < 1.29 is 43.0 Å². The summed E-state index contributed by atoms with van der Waals surface area (Å²) < 4.78 is 10.6. The van der Waals surface area contributed by atoms with E-state index in [0.717, 1.165) is 10.9 Å². The number of fused-ring (bicyclic) bond motifs is 1. The maximum Gasteiger partial charge on any atom is 0.408 e. The number of para-hydroxylation sites is 1. The highest BCUT2D eigenvalue weighted by Crippen LogP contribution is 2.19. The Hall–Kier alpha value is -6.36. The van der Waals surface area contributed by atoms with Gasteiger partial charge in [-0.1, -0.05) is 78.9 Å². The number of rotatable bonds is 21. The van der Waals surface area contributed by atoms with E-state index in [2.05, 4.69) is 31.6 Å². The van der Waals surface area contributed by atoms with Gasteiger partial charge in [0.1, 0.15) is 42.9 Å². The number of aromatic nitrogens is 1. The highest BCUT2D eigenvalue weighted by molar-refractivity contribution is 7.98. The Morgan fingerprint density at radius 3 is 1.95 bits per heavy atom. The van der Waals surface area contributed by atoms with Crippen molar-refractivity contribution in [2.45, 2.75) is 82.8 Å². The first kappa shape index (κ1) is 46.3. The SMILES string of the molecule is CSCC[C@H](NC(=O)[C@H](Cc1c[nH]c2ccccc12)NC(=O)CNC(=O)OC(C)(C)C)C(=O)N[C@@H](CC(=O)OCc1ccccc1)C(=O)N[C@@H](Cc1ccccc1)C(N)=O. The van der Waals surface area contributed by atoms with Crippen molar-refractivity contribution in [3.8, 4) is 0 Å². The van der Waals surface area contributed by atoms with Gasteiger partial charge in [-0.05, 0) is 62.0 Å². The Morgan fingerprint density at radius 2 is 1.30 bits per heavy atom. The second kappa shape index (κ2) is 22.7. The van der Waals surface area contributed by atoms with E-state index in [9.17, 15) is 33.6 Å². The lowest BCUT2D eigenvalue weighted by molar-refractivity contribution is -0.147. The highest BCUT2D eigenvalue weighted by Gasteiger charge is 2.33. The molecule has 4 atom stereocenters. The van der Waals surface area contributed by atoms with E-state index in [1.165, 1.54) is 11.8 Å². The first-order chi connectivity index (χ1) is 28.6. The van der Waals surface area contributed by atoms with Crippen LogP contribution in [-0.4, -0.2) is 94.9 Å². The number of hydrogen-bond donors (Lipinski definition) is 7. The summed E-state index contributed by atoms with van der Waals surface area (Å²) >= 11 is 1.40. The molecule has 4 rings (SSSR count). The molecule has 17 heteroatoms. The van der Waals surface area contributed by atoms with E-state index in [-0.39, 0.29) is 25.9 Å². The summed E-state index contributed by atoms with van der Waals surface area (Å²) in [5, 5.41) is 13.7. The van der Waals surface area contributed by atoms with Gasteiger partial charge >= 0.3 is 12.1 Å². The maximum atomic E-state index is 14.1. The van der Waals surface area contributed by atoms with Gasteiger partial charge in [-0.15, -0.1) is 0 Å². The Labute approximate surface area is 352 Å². The van der Waals surface area contributed by atoms with E-state index in [0.29, 0.717) is 22.4 Å². The highest BCUT2D eigenvalue weighted by atomic mass is 32.2. The van der Waals surface area contributed by atoms with Crippen molar-refractivity contribution >= 4 is 64.3 Å². The summed E-state index contributed by atoms with van der Waals surface area (Å²) in [4.78, 5) is 96.2. The number of primary amides is 1. The number of H-pyrrole nitrogens is 1. The average Bonchev–Trinajstić information content (AvgIpc) is 3.62. The molecular formula is C43H53N7O9S. The second-order valence-electron chi connectivity index (χ2n) is 14.9. The maximum absolute atomic E-state index is 14.1. The Bertz CT molecular complexity index is 2090. The summed E-state index contributed by atoms with van der Waals surface area (Å²) in [5.41, 5.74) is 7.76. The van der Waals surface area contributed by atoms with Crippen LogP contribution >= 0.6 is 11.8 Å². The molecule has 0 aliphatic rings. The van der Waals surface area contributed by atoms with Gasteiger partial charge in [0.25, 0.3) is 0 Å². The normalized spacial score (nSPS) is 13.1. The summed E-state index contributed by atoms with van der Waals surface area (Å²) in [5.74, 6) is -4.37. The number of nitrogens with one attached hydrogen (secondary N) is 6. The number of ether oxygens (including phenoxy) is 2. The molecule has 320 valence electrons. The van der Waals surface area contributed by atoms with Gasteiger partial charge in [-0.25, -0.2) is 4.79 Å². The molecule has 0 aliphatic heterocycles. The molecule has 0 spiro atoms. The summed E-state index contributed by atoms with van der Waals surface area (Å²) in [6.45, 7) is 4.43. The van der Waals surface area contributed by atoms with E-state index < -0.39 is 84.3 Å². The second-order valence-corrected chi connectivity index (χ2v) is 15.9. The van der Waals surface area contributed by atoms with Crippen LogP contribution in [-0.2, 0) is 57.7 Å². The summed E-state index contributed by atoms with van der Waals surface area (Å²) in [6.07, 6.45) is 2.22. The first-order valence-electron chi connectivity index (χ1n) is 19.4. The van der Waals surface area contributed by atoms with Gasteiger partial charge in [0.2, 0.25) is 29.5 Å². The van der Waals surface area contributed by atoms with E-state index in [1.807, 2.05) is 30.5 Å². The number of carbonyl (C=O) groups is 7. The molecule has 0 saturated heterocycles. The van der Waals surface area contributed by atoms with Crippen LogP contribution in [0.25, 0.3) is 10.9 Å². The Kier molecular flexibility index (Phi) is 17.5. The standard InChI is InChI=1S/C43H53N7O9S/c1-43(2,3)59-42(57)46-25-36(51)47-34(22-29-24-45-31-18-12-11-17-30(29)31)40(55)48-32(19-20-60-4)39(54)50-35(23-37(52)58-26-28-15-9-6-10-16-28)41(56)49-33(38(44)53)21-27-13-7-5-8-14-27/h5-18,24,32-35,45H,19-23,25-26H2,1-4H3,(H2,44,53)(H,46,57)(H,47,51)(H,48,55)(H,49,56)(H,50,54)/t32-,33-,34-,35-/m0/s1. The fourth-order valence-electron chi connectivity index (χ4n) is 6.01. The van der Waals surface area contributed by atoms with Gasteiger partial charge in [-0.2, -0.15) is 11.8 Å². The molecule has 0 unspecified atom stereocenters. The van der Waals surface area contributed by atoms with Crippen LogP contribution in [0.3, 0.4) is 0 Å². The third-order valence-corrected chi connectivity index (χ3v) is 9.62. The van der Waals surface area contributed by atoms with Crippen molar-refractivity contribution in [3.63, 3.8) is 0 Å². The van der Waals surface area contributed by atoms with Crippen LogP contribution in [0.4, 0.5) is 4.79 Å². The van der Waals surface area contributed by atoms with Gasteiger partial charge in [0.15, 0.2) is 0 Å². The number of thioether (sulfide) groups is 1. The molecule has 0 saturated carbocycles. The van der Waals surface area contributed by atoms with Crippen molar-refractivity contribution in [2.75, 3.05) is 18.6 Å². The number of hydrogen-bond acceptors (Lipinski definition) is 10. The largest absolute Gasteiger partial charge is 0.461 e. The van der Waals surface area contributed by atoms with Gasteiger partial charge in [0, 0.05) is 29.9 Å². The predicted molar refractivity (Wildman–Crippen MR) is 227 cm³/mol. The number of alkyl carbamates (subject to hydrolysis) is 1. The van der Waals surface area contributed by atoms with Crippen LogP contribution in [0, 0.1) is 0 Å². The number of amides is 6. The van der Waals surface area contributed by atoms with E-state index in [1.54, 1.807) is 87.6 Å². The molecule has 6 amide bonds. The van der Waals surface area contributed by atoms with E-state index in [4.69, 9.17) is 15.2 Å². The topological polar surface area (TPSA) is 240 Å². The molecule has 16 nitrogen and oxygen atoms in total. The third-order valence-electron chi connectivity index (χ3n) is 8.98. The van der Waals surface area contributed by atoms with Crippen LogP contribution in [0.2, 0.25) is 0 Å². The number of nitrogens with two attached hydrogens (primary N) is 1.